The molecule has 1 aromatic heterocycles. The lowest BCUT2D eigenvalue weighted by molar-refractivity contribution is -0.129. The number of halogens is 1. The molecule has 2 heterocycles. The summed E-state index contributed by atoms with van der Waals surface area (Å²) in [6.45, 7) is 1.72. The Morgan fingerprint density at radius 2 is 1.68 bits per heavy atom. The molecule has 5 nitrogen and oxygen atoms in total. The van der Waals surface area contributed by atoms with Crippen LogP contribution in [-0.2, 0) is 4.79 Å². The summed E-state index contributed by atoms with van der Waals surface area (Å²) in [5.74, 6) is 1.27. The van der Waals surface area contributed by atoms with Gasteiger partial charge in [-0.15, -0.1) is 10.2 Å². The molecule has 144 valence electrons. The molecule has 0 atom stereocenters. The summed E-state index contributed by atoms with van der Waals surface area (Å²) < 4.78 is 2.00. The number of likely N-dealkylation sites (tertiary alicyclic amines) is 1. The third-order valence-corrected chi connectivity index (χ3v) is 5.95. The number of piperidine rings is 1. The van der Waals surface area contributed by atoms with Gasteiger partial charge in [-0.05, 0) is 55.7 Å². The number of aromatic nitrogens is 3. The quantitative estimate of drug-likeness (QED) is 0.570. The van der Waals surface area contributed by atoms with Crippen LogP contribution in [0.3, 0.4) is 0 Å². The van der Waals surface area contributed by atoms with Crippen molar-refractivity contribution in [2.45, 2.75) is 24.4 Å². The van der Waals surface area contributed by atoms with Crippen LogP contribution in [0.4, 0.5) is 0 Å². The van der Waals surface area contributed by atoms with E-state index in [1.165, 1.54) is 18.2 Å². The molecule has 1 fully saturated rings. The first-order valence-electron chi connectivity index (χ1n) is 9.40. The minimum Gasteiger partial charge on any atom is -0.342 e. The van der Waals surface area contributed by atoms with Crippen molar-refractivity contribution in [3.05, 3.63) is 59.6 Å². The highest BCUT2D eigenvalue weighted by Crippen LogP contribution is 2.29. The highest BCUT2D eigenvalue weighted by molar-refractivity contribution is 7.99. The molecule has 0 spiro atoms. The minimum atomic E-state index is 0.167. The average Bonchev–Trinajstić information content (AvgIpc) is 3.17. The number of rotatable bonds is 5. The molecule has 0 bridgehead atoms. The van der Waals surface area contributed by atoms with E-state index in [0.29, 0.717) is 15.9 Å². The van der Waals surface area contributed by atoms with E-state index in [2.05, 4.69) is 10.2 Å². The van der Waals surface area contributed by atoms with Crippen molar-refractivity contribution in [2.24, 2.45) is 0 Å². The topological polar surface area (TPSA) is 51.0 Å². The Hall–Kier alpha value is -2.31. The molecule has 1 amide bonds. The predicted molar refractivity (Wildman–Crippen MR) is 113 cm³/mol. The fourth-order valence-electron chi connectivity index (χ4n) is 3.32. The summed E-state index contributed by atoms with van der Waals surface area (Å²) in [5, 5.41) is 10.2. The molecule has 0 N–H and O–H groups in total. The number of benzene rings is 2. The summed E-state index contributed by atoms with van der Waals surface area (Å²) >= 11 is 7.46. The fraction of sp³-hybridized carbons (Fsp3) is 0.286. The van der Waals surface area contributed by atoms with Gasteiger partial charge < -0.3 is 4.90 Å². The van der Waals surface area contributed by atoms with Crippen LogP contribution in [0.25, 0.3) is 17.1 Å². The number of nitrogens with zero attached hydrogens (tertiary/aromatic N) is 4. The number of para-hydroxylation sites is 1. The first-order chi connectivity index (χ1) is 13.7. The molecular weight excluding hydrogens is 392 g/mol. The Morgan fingerprint density at radius 1 is 0.964 bits per heavy atom. The van der Waals surface area contributed by atoms with Gasteiger partial charge in [0, 0.05) is 29.4 Å². The summed E-state index contributed by atoms with van der Waals surface area (Å²) in [7, 11) is 0. The molecule has 0 radical (unpaired) electrons. The molecule has 0 aliphatic carbocycles. The second kappa shape index (κ2) is 8.80. The summed E-state index contributed by atoms with van der Waals surface area (Å²) in [4.78, 5) is 14.5. The SMILES string of the molecule is O=C(CSc1nnc(-c2ccc(Cl)cc2)n1-c1ccccc1)N1CCCCC1. The summed E-state index contributed by atoms with van der Waals surface area (Å²) in [5.41, 5.74) is 1.89. The van der Waals surface area contributed by atoms with E-state index in [9.17, 15) is 4.79 Å². The zero-order valence-corrected chi connectivity index (χ0v) is 17.0. The monoisotopic (exact) mass is 412 g/mol. The molecule has 4 rings (SSSR count). The molecular formula is C21H21ClN4OS. The van der Waals surface area contributed by atoms with Gasteiger partial charge in [0.05, 0.1) is 5.75 Å². The molecule has 0 unspecified atom stereocenters. The molecule has 7 heteroatoms. The number of hydrogen-bond donors (Lipinski definition) is 0. The number of amides is 1. The maximum absolute atomic E-state index is 12.6. The predicted octanol–water partition coefficient (Wildman–Crippen LogP) is 4.69. The van der Waals surface area contributed by atoms with Gasteiger partial charge in [-0.3, -0.25) is 9.36 Å². The van der Waals surface area contributed by atoms with Crippen molar-refractivity contribution < 1.29 is 4.79 Å². The molecule has 3 aromatic rings. The zero-order valence-electron chi connectivity index (χ0n) is 15.4. The van der Waals surface area contributed by atoms with Crippen LogP contribution < -0.4 is 0 Å². The van der Waals surface area contributed by atoms with Gasteiger partial charge in [-0.1, -0.05) is 41.6 Å². The standard InChI is InChI=1S/C21H21ClN4OS/c22-17-11-9-16(10-12-17)20-23-24-21(26(20)18-7-3-1-4-8-18)28-15-19(27)25-13-5-2-6-14-25/h1,3-4,7-12H,2,5-6,13-15H2. The van der Waals surface area contributed by atoms with E-state index >= 15 is 0 Å². The Labute approximate surface area is 173 Å². The zero-order chi connectivity index (χ0) is 19.3. The lowest BCUT2D eigenvalue weighted by Crippen LogP contribution is -2.36. The molecule has 0 saturated carbocycles. The van der Waals surface area contributed by atoms with Gasteiger partial charge in [0.1, 0.15) is 0 Å². The molecule has 2 aromatic carbocycles. The van der Waals surface area contributed by atoms with E-state index in [4.69, 9.17) is 11.6 Å². The van der Waals surface area contributed by atoms with Gasteiger partial charge in [0.15, 0.2) is 11.0 Å². The van der Waals surface area contributed by atoms with Gasteiger partial charge in [-0.2, -0.15) is 0 Å². The third-order valence-electron chi connectivity index (χ3n) is 4.78. The van der Waals surface area contributed by atoms with E-state index in [0.717, 1.165) is 43.0 Å². The first kappa shape index (κ1) is 19.0. The maximum Gasteiger partial charge on any atom is 0.233 e. The molecule has 1 aliphatic heterocycles. The smallest absolute Gasteiger partial charge is 0.233 e. The van der Waals surface area contributed by atoms with Crippen LogP contribution in [0.2, 0.25) is 5.02 Å². The Morgan fingerprint density at radius 3 is 2.39 bits per heavy atom. The minimum absolute atomic E-state index is 0.167. The van der Waals surface area contributed by atoms with E-state index < -0.39 is 0 Å². The fourth-order valence-corrected chi connectivity index (χ4v) is 4.30. The van der Waals surface area contributed by atoms with Crippen LogP contribution in [0.5, 0.6) is 0 Å². The normalized spacial score (nSPS) is 14.2. The largest absolute Gasteiger partial charge is 0.342 e. The van der Waals surface area contributed by atoms with Crippen LogP contribution in [0.1, 0.15) is 19.3 Å². The van der Waals surface area contributed by atoms with Crippen molar-refractivity contribution >= 4 is 29.3 Å². The first-order valence-corrected chi connectivity index (χ1v) is 10.8. The highest BCUT2D eigenvalue weighted by atomic mass is 35.5. The van der Waals surface area contributed by atoms with Crippen LogP contribution >= 0.6 is 23.4 Å². The average molecular weight is 413 g/mol. The summed E-state index contributed by atoms with van der Waals surface area (Å²) in [6.07, 6.45) is 3.40. The van der Waals surface area contributed by atoms with Gasteiger partial charge in [-0.25, -0.2) is 0 Å². The van der Waals surface area contributed by atoms with Crippen molar-refractivity contribution in [3.8, 4) is 17.1 Å². The van der Waals surface area contributed by atoms with Crippen LogP contribution in [0.15, 0.2) is 59.8 Å². The van der Waals surface area contributed by atoms with E-state index in [1.54, 1.807) is 0 Å². The number of thioether (sulfide) groups is 1. The van der Waals surface area contributed by atoms with Crippen LogP contribution in [0, 0.1) is 0 Å². The Bertz CT molecular complexity index is 937. The molecule has 1 saturated heterocycles. The van der Waals surface area contributed by atoms with E-state index in [-0.39, 0.29) is 5.91 Å². The van der Waals surface area contributed by atoms with Gasteiger partial charge in [0.2, 0.25) is 5.91 Å². The molecule has 28 heavy (non-hydrogen) atoms. The lowest BCUT2D eigenvalue weighted by atomic mass is 10.1. The Kier molecular flexibility index (Phi) is 5.98. The van der Waals surface area contributed by atoms with Gasteiger partial charge in [0.25, 0.3) is 0 Å². The van der Waals surface area contributed by atoms with Crippen molar-refractivity contribution in [3.63, 3.8) is 0 Å². The third kappa shape index (κ3) is 4.23. The van der Waals surface area contributed by atoms with Crippen LogP contribution in [-0.4, -0.2) is 44.4 Å². The van der Waals surface area contributed by atoms with Crippen molar-refractivity contribution in [2.75, 3.05) is 18.8 Å². The second-order valence-electron chi connectivity index (χ2n) is 6.71. The number of carbonyl (C=O) groups is 1. The number of hydrogen-bond acceptors (Lipinski definition) is 4. The number of carbonyl (C=O) groups excluding carboxylic acids is 1. The highest BCUT2D eigenvalue weighted by Gasteiger charge is 2.20. The Balaban J connectivity index is 1.62. The van der Waals surface area contributed by atoms with Gasteiger partial charge >= 0.3 is 0 Å². The lowest BCUT2D eigenvalue weighted by Gasteiger charge is -2.26. The maximum atomic E-state index is 12.6. The molecule has 1 aliphatic rings. The van der Waals surface area contributed by atoms with Crippen molar-refractivity contribution in [1.29, 1.82) is 0 Å². The van der Waals surface area contributed by atoms with E-state index in [1.807, 2.05) is 64.1 Å². The summed E-state index contributed by atoms with van der Waals surface area (Å²) in [6, 6.07) is 17.5. The van der Waals surface area contributed by atoms with Crippen molar-refractivity contribution in [1.82, 2.24) is 19.7 Å². The second-order valence-corrected chi connectivity index (χ2v) is 8.09.